The SMILES string of the molecule is Nc1cc(Cl)ccc1S(=O)(=O)Nc1cc(Br)cnc1Cl. The summed E-state index contributed by atoms with van der Waals surface area (Å²) in [5.74, 6) is 0. The summed E-state index contributed by atoms with van der Waals surface area (Å²) in [7, 11) is -3.88. The summed E-state index contributed by atoms with van der Waals surface area (Å²) in [5.41, 5.74) is 5.86. The normalized spacial score (nSPS) is 11.3. The van der Waals surface area contributed by atoms with Crippen molar-refractivity contribution in [2.45, 2.75) is 4.90 Å². The van der Waals surface area contributed by atoms with Crippen LogP contribution in [0.3, 0.4) is 0 Å². The van der Waals surface area contributed by atoms with Gasteiger partial charge in [-0.1, -0.05) is 23.2 Å². The standard InChI is InChI=1S/C11H8BrCl2N3O2S/c12-6-3-9(11(14)16-5-6)17-20(18,19)10-2-1-7(13)4-8(10)15/h1-5,17H,15H2. The molecule has 0 fully saturated rings. The van der Waals surface area contributed by atoms with Crippen molar-refractivity contribution >= 4 is 60.5 Å². The molecule has 2 rings (SSSR count). The molecule has 0 radical (unpaired) electrons. The third-order valence-electron chi connectivity index (χ3n) is 2.31. The number of nitrogen functional groups attached to an aromatic ring is 1. The molecular formula is C11H8BrCl2N3O2S. The van der Waals surface area contributed by atoms with E-state index in [4.69, 9.17) is 28.9 Å². The van der Waals surface area contributed by atoms with Crippen molar-refractivity contribution in [3.05, 3.63) is 45.1 Å². The van der Waals surface area contributed by atoms with Crippen molar-refractivity contribution in [3.63, 3.8) is 0 Å². The van der Waals surface area contributed by atoms with Crippen molar-refractivity contribution < 1.29 is 8.42 Å². The van der Waals surface area contributed by atoms with Gasteiger partial charge in [-0.2, -0.15) is 0 Å². The number of nitrogens with zero attached hydrogens (tertiary/aromatic N) is 1. The molecule has 1 aromatic heterocycles. The van der Waals surface area contributed by atoms with Gasteiger partial charge in [-0.15, -0.1) is 0 Å². The topological polar surface area (TPSA) is 85.1 Å². The minimum atomic E-state index is -3.88. The van der Waals surface area contributed by atoms with Crippen LogP contribution in [0.15, 0.2) is 39.8 Å². The number of pyridine rings is 1. The molecule has 0 aliphatic carbocycles. The molecule has 1 heterocycles. The number of benzene rings is 1. The average molecular weight is 397 g/mol. The molecule has 106 valence electrons. The fourth-order valence-corrected chi connectivity index (χ4v) is 3.35. The number of rotatable bonds is 3. The van der Waals surface area contributed by atoms with Crippen LogP contribution in [0.4, 0.5) is 11.4 Å². The molecule has 0 atom stereocenters. The molecule has 9 heteroatoms. The number of nitrogens with two attached hydrogens (primary N) is 1. The number of sulfonamides is 1. The first-order valence-electron chi connectivity index (χ1n) is 5.18. The van der Waals surface area contributed by atoms with E-state index in [0.717, 1.165) is 0 Å². The maximum atomic E-state index is 12.3. The lowest BCUT2D eigenvalue weighted by atomic mass is 10.3. The van der Waals surface area contributed by atoms with Crippen molar-refractivity contribution in [3.8, 4) is 0 Å². The van der Waals surface area contributed by atoms with Crippen molar-refractivity contribution in [1.82, 2.24) is 4.98 Å². The van der Waals surface area contributed by atoms with Gasteiger partial charge in [-0.25, -0.2) is 13.4 Å². The van der Waals surface area contributed by atoms with E-state index in [1.807, 2.05) is 0 Å². The number of hydrogen-bond acceptors (Lipinski definition) is 4. The lowest BCUT2D eigenvalue weighted by Crippen LogP contribution is -2.15. The summed E-state index contributed by atoms with van der Waals surface area (Å²) >= 11 is 14.8. The highest BCUT2D eigenvalue weighted by Crippen LogP contribution is 2.28. The second-order valence-corrected chi connectivity index (χ2v) is 7.14. The van der Waals surface area contributed by atoms with Crippen molar-refractivity contribution in [1.29, 1.82) is 0 Å². The van der Waals surface area contributed by atoms with E-state index >= 15 is 0 Å². The highest BCUT2D eigenvalue weighted by molar-refractivity contribution is 9.10. The molecule has 0 saturated heterocycles. The Hall–Kier alpha value is -1.02. The molecule has 0 saturated carbocycles. The van der Waals surface area contributed by atoms with E-state index in [1.165, 1.54) is 30.5 Å². The van der Waals surface area contributed by atoms with Gasteiger partial charge < -0.3 is 5.73 Å². The monoisotopic (exact) mass is 395 g/mol. The Morgan fingerprint density at radius 1 is 1.25 bits per heavy atom. The molecule has 20 heavy (non-hydrogen) atoms. The van der Waals surface area contributed by atoms with Gasteiger partial charge in [0.1, 0.15) is 4.90 Å². The van der Waals surface area contributed by atoms with Crippen LogP contribution in [0.5, 0.6) is 0 Å². The van der Waals surface area contributed by atoms with Gasteiger partial charge in [-0.05, 0) is 40.2 Å². The Kier molecular flexibility index (Phi) is 4.43. The second kappa shape index (κ2) is 5.77. The Bertz CT molecular complexity index is 768. The van der Waals surface area contributed by atoms with E-state index < -0.39 is 10.0 Å². The van der Waals surface area contributed by atoms with E-state index in [1.54, 1.807) is 0 Å². The predicted molar refractivity (Wildman–Crippen MR) is 83.6 cm³/mol. The molecule has 0 unspecified atom stereocenters. The number of hydrogen-bond donors (Lipinski definition) is 2. The highest BCUT2D eigenvalue weighted by Gasteiger charge is 2.19. The van der Waals surface area contributed by atoms with Crippen LogP contribution in [-0.4, -0.2) is 13.4 Å². The molecule has 0 bridgehead atoms. The summed E-state index contributed by atoms with van der Waals surface area (Å²) in [4.78, 5) is 3.75. The number of anilines is 2. The van der Waals surface area contributed by atoms with Crippen LogP contribution in [0.2, 0.25) is 10.2 Å². The van der Waals surface area contributed by atoms with Gasteiger partial charge in [0.25, 0.3) is 10.0 Å². The minimum absolute atomic E-state index is 0.0318. The van der Waals surface area contributed by atoms with E-state index in [2.05, 4.69) is 25.6 Å². The molecule has 0 spiro atoms. The Morgan fingerprint density at radius 3 is 2.60 bits per heavy atom. The van der Waals surface area contributed by atoms with E-state index in [0.29, 0.717) is 9.50 Å². The molecule has 1 aromatic carbocycles. The fraction of sp³-hybridized carbons (Fsp3) is 0. The van der Waals surface area contributed by atoms with Gasteiger partial charge in [0.2, 0.25) is 0 Å². The molecule has 0 aliphatic rings. The summed E-state index contributed by atoms with van der Waals surface area (Å²) in [6.45, 7) is 0. The maximum Gasteiger partial charge on any atom is 0.264 e. The van der Waals surface area contributed by atoms with Crippen LogP contribution >= 0.6 is 39.1 Å². The third-order valence-corrected chi connectivity index (χ3v) is 4.72. The third kappa shape index (κ3) is 3.35. The average Bonchev–Trinajstić information content (AvgIpc) is 2.33. The molecule has 2 aromatic rings. The van der Waals surface area contributed by atoms with Crippen molar-refractivity contribution in [2.75, 3.05) is 10.5 Å². The first kappa shape index (κ1) is 15.4. The Balaban J connectivity index is 2.43. The van der Waals surface area contributed by atoms with Crippen LogP contribution in [-0.2, 0) is 10.0 Å². The minimum Gasteiger partial charge on any atom is -0.398 e. The first-order chi connectivity index (χ1) is 9.29. The zero-order valence-electron chi connectivity index (χ0n) is 9.77. The van der Waals surface area contributed by atoms with Crippen LogP contribution in [0.1, 0.15) is 0 Å². The Morgan fingerprint density at radius 2 is 1.95 bits per heavy atom. The van der Waals surface area contributed by atoms with E-state index in [9.17, 15) is 8.42 Å². The van der Waals surface area contributed by atoms with E-state index in [-0.39, 0.29) is 21.4 Å². The maximum absolute atomic E-state index is 12.3. The van der Waals surface area contributed by atoms with Gasteiger partial charge in [0.05, 0.1) is 11.4 Å². The molecule has 0 amide bonds. The summed E-state index contributed by atoms with van der Waals surface area (Å²) in [6, 6.07) is 5.61. The summed E-state index contributed by atoms with van der Waals surface area (Å²) in [6.07, 6.45) is 1.46. The predicted octanol–water partition coefficient (Wildman–Crippen LogP) is 3.53. The molecule has 3 N–H and O–H groups in total. The van der Waals surface area contributed by atoms with Crippen LogP contribution in [0, 0.1) is 0 Å². The van der Waals surface area contributed by atoms with Gasteiger partial charge in [-0.3, -0.25) is 4.72 Å². The molecular weight excluding hydrogens is 389 g/mol. The smallest absolute Gasteiger partial charge is 0.264 e. The first-order valence-corrected chi connectivity index (χ1v) is 8.22. The number of nitrogens with one attached hydrogen (secondary N) is 1. The van der Waals surface area contributed by atoms with Gasteiger partial charge in [0.15, 0.2) is 5.15 Å². The fourth-order valence-electron chi connectivity index (χ4n) is 1.46. The zero-order chi connectivity index (χ0) is 14.9. The van der Waals surface area contributed by atoms with Crippen LogP contribution < -0.4 is 10.5 Å². The summed E-state index contributed by atoms with van der Waals surface area (Å²) < 4.78 is 27.4. The highest BCUT2D eigenvalue weighted by atomic mass is 79.9. The molecule has 0 aliphatic heterocycles. The second-order valence-electron chi connectivity index (χ2n) is 3.78. The Labute approximate surface area is 134 Å². The number of halogens is 3. The van der Waals surface area contributed by atoms with Gasteiger partial charge >= 0.3 is 0 Å². The van der Waals surface area contributed by atoms with Gasteiger partial charge in [0, 0.05) is 15.7 Å². The quantitative estimate of drug-likeness (QED) is 0.613. The summed E-state index contributed by atoms with van der Waals surface area (Å²) in [5, 5.41) is 0.382. The molecule has 5 nitrogen and oxygen atoms in total. The lowest BCUT2D eigenvalue weighted by molar-refractivity contribution is 0.601. The van der Waals surface area contributed by atoms with Crippen LogP contribution in [0.25, 0.3) is 0 Å². The largest absolute Gasteiger partial charge is 0.398 e. The van der Waals surface area contributed by atoms with Crippen molar-refractivity contribution in [2.24, 2.45) is 0 Å². The zero-order valence-corrected chi connectivity index (χ0v) is 13.7. The number of aromatic nitrogens is 1. The lowest BCUT2D eigenvalue weighted by Gasteiger charge is -2.11.